The summed E-state index contributed by atoms with van der Waals surface area (Å²) >= 11 is 0. The van der Waals surface area contributed by atoms with Gasteiger partial charge in [-0.1, -0.05) is 0 Å². The van der Waals surface area contributed by atoms with Crippen molar-refractivity contribution in [1.29, 1.82) is 0 Å². The van der Waals surface area contributed by atoms with Crippen LogP contribution in [0.5, 0.6) is 0 Å². The van der Waals surface area contributed by atoms with Crippen LogP contribution >= 0.6 is 0 Å². The van der Waals surface area contributed by atoms with Crippen molar-refractivity contribution in [1.82, 2.24) is 0 Å². The number of esters is 1. The first-order chi connectivity index (χ1) is 10.7. The molecule has 0 aromatic rings. The van der Waals surface area contributed by atoms with Crippen LogP contribution in [0.1, 0.15) is 45.4 Å². The van der Waals surface area contributed by atoms with E-state index >= 15 is 0 Å². The van der Waals surface area contributed by atoms with E-state index in [0.717, 1.165) is 0 Å². The number of hydrogen-bond donors (Lipinski definition) is 3. The summed E-state index contributed by atoms with van der Waals surface area (Å²) in [5.41, 5.74) is -3.22. The summed E-state index contributed by atoms with van der Waals surface area (Å²) in [5, 5.41) is 26.6. The van der Waals surface area contributed by atoms with E-state index in [1.807, 2.05) is 0 Å². The maximum Gasteiger partial charge on any atom is 1.00 e. The molecule has 2 aliphatic carbocycles. The van der Waals surface area contributed by atoms with Gasteiger partial charge in [-0.05, 0) is 6.92 Å². The average molecular weight is 400 g/mol. The molecule has 0 atom stereocenters. The minimum Gasteiger partial charge on any atom is -0.870 e. The van der Waals surface area contributed by atoms with Gasteiger partial charge >= 0.3 is 41.5 Å². The fourth-order valence-electron chi connectivity index (χ4n) is 2.83. The smallest absolute Gasteiger partial charge is 0.870 e. The SMILES string of the molecule is CCOC(=O)CC1(O)CC(F)(F)C1.O=C(O)CC1(O)CC(F)(F)C1.[Na+].[OH-]. The molecule has 0 spiro atoms. The van der Waals surface area contributed by atoms with Crippen molar-refractivity contribution in [2.45, 2.75) is 68.5 Å². The number of carbonyl (C=O) groups excluding carboxylic acids is 1. The molecule has 0 aromatic heterocycles. The summed E-state index contributed by atoms with van der Waals surface area (Å²) < 4.78 is 53.5. The summed E-state index contributed by atoms with van der Waals surface area (Å²) in [7, 11) is 0. The minimum absolute atomic E-state index is 0. The average Bonchev–Trinajstić information content (AvgIpc) is 2.21. The van der Waals surface area contributed by atoms with Crippen LogP contribution in [0.2, 0.25) is 0 Å². The van der Waals surface area contributed by atoms with Crippen LogP contribution in [0.25, 0.3) is 0 Å². The summed E-state index contributed by atoms with van der Waals surface area (Å²) in [5.74, 6) is -7.56. The van der Waals surface area contributed by atoms with Crippen LogP contribution in [0, 0.1) is 0 Å². The standard InChI is InChI=1S/C8H12F2O3.C6H8F2O3.Na.H2O/c1-2-13-6(11)3-7(12)4-8(9,10)5-7;7-6(8)2-5(11,3-6)1-4(9)10;;/h12H,2-5H2,1H3;11H,1-3H2,(H,9,10);;1H2/q;;+1;/p-1. The number of aliphatic carboxylic acids is 1. The number of halogens is 4. The van der Waals surface area contributed by atoms with Gasteiger partial charge in [0, 0.05) is 25.7 Å². The Balaban J connectivity index is 0. The van der Waals surface area contributed by atoms with Crippen molar-refractivity contribution >= 4 is 11.9 Å². The molecule has 4 N–H and O–H groups in total. The third-order valence-corrected chi connectivity index (χ3v) is 3.61. The van der Waals surface area contributed by atoms with E-state index in [-0.39, 0.29) is 48.1 Å². The molecule has 0 unspecified atom stereocenters. The zero-order valence-electron chi connectivity index (χ0n) is 14.5. The van der Waals surface area contributed by atoms with Crippen molar-refractivity contribution in [3.63, 3.8) is 0 Å². The van der Waals surface area contributed by atoms with E-state index in [1.54, 1.807) is 6.92 Å². The third kappa shape index (κ3) is 8.96. The van der Waals surface area contributed by atoms with Crippen LogP contribution in [0.15, 0.2) is 0 Å². The maximum absolute atomic E-state index is 12.4. The van der Waals surface area contributed by atoms with Gasteiger partial charge in [-0.15, -0.1) is 0 Å². The number of alkyl halides is 4. The second-order valence-corrected chi connectivity index (χ2v) is 6.42. The summed E-state index contributed by atoms with van der Waals surface area (Å²) in [4.78, 5) is 20.8. The Morgan fingerprint density at radius 2 is 1.27 bits per heavy atom. The van der Waals surface area contributed by atoms with Crippen LogP contribution in [0.4, 0.5) is 17.6 Å². The molecule has 148 valence electrons. The molecule has 0 aliphatic heterocycles. The molecular weight excluding hydrogens is 379 g/mol. The summed E-state index contributed by atoms with van der Waals surface area (Å²) in [6.45, 7) is 1.82. The molecule has 0 saturated heterocycles. The van der Waals surface area contributed by atoms with E-state index in [9.17, 15) is 32.3 Å². The molecular formula is C14H21F4NaO7. The zero-order valence-corrected chi connectivity index (χ0v) is 16.5. The molecule has 2 rings (SSSR count). The summed E-state index contributed by atoms with van der Waals surface area (Å²) in [6.07, 6.45) is -3.67. The summed E-state index contributed by atoms with van der Waals surface area (Å²) in [6, 6.07) is 0. The number of carboxylic acids is 1. The largest absolute Gasteiger partial charge is 1.00 e. The van der Waals surface area contributed by atoms with Crippen molar-refractivity contribution in [2.75, 3.05) is 6.61 Å². The molecule has 0 bridgehead atoms. The number of rotatable bonds is 5. The topological polar surface area (TPSA) is 134 Å². The number of aliphatic hydroxyl groups is 2. The van der Waals surface area contributed by atoms with Crippen LogP contribution in [-0.4, -0.2) is 62.4 Å². The first-order valence-electron chi connectivity index (χ1n) is 7.28. The molecule has 0 aromatic carbocycles. The number of hydrogen-bond acceptors (Lipinski definition) is 6. The van der Waals surface area contributed by atoms with E-state index in [0.29, 0.717) is 0 Å². The Labute approximate surface area is 169 Å². The molecule has 0 heterocycles. The predicted octanol–water partition coefficient (Wildman–Crippen LogP) is -1.45. The van der Waals surface area contributed by atoms with Crippen LogP contribution in [0.3, 0.4) is 0 Å². The number of carbonyl (C=O) groups is 2. The first kappa shape index (κ1) is 27.8. The second-order valence-electron chi connectivity index (χ2n) is 6.42. The van der Waals surface area contributed by atoms with E-state index in [4.69, 9.17) is 10.2 Å². The van der Waals surface area contributed by atoms with Crippen molar-refractivity contribution in [2.24, 2.45) is 0 Å². The van der Waals surface area contributed by atoms with Gasteiger partial charge in [0.1, 0.15) is 0 Å². The first-order valence-corrected chi connectivity index (χ1v) is 7.28. The van der Waals surface area contributed by atoms with E-state index in [2.05, 4.69) is 4.74 Å². The molecule has 0 radical (unpaired) electrons. The van der Waals surface area contributed by atoms with E-state index in [1.165, 1.54) is 0 Å². The predicted molar refractivity (Wildman–Crippen MR) is 73.7 cm³/mol. The molecule has 0 amide bonds. The van der Waals surface area contributed by atoms with Crippen LogP contribution in [-0.2, 0) is 14.3 Å². The van der Waals surface area contributed by atoms with Gasteiger partial charge in [0.2, 0.25) is 0 Å². The Bertz CT molecular complexity index is 486. The van der Waals surface area contributed by atoms with Gasteiger partial charge in [0.15, 0.2) is 0 Å². The zero-order chi connectivity index (χ0) is 18.8. The molecule has 2 aliphatic rings. The number of carboxylic acid groups (broad SMARTS) is 1. The molecule has 12 heteroatoms. The van der Waals surface area contributed by atoms with Crippen LogP contribution < -0.4 is 29.6 Å². The van der Waals surface area contributed by atoms with Crippen molar-refractivity contribution in [3.05, 3.63) is 0 Å². The van der Waals surface area contributed by atoms with Gasteiger partial charge in [-0.25, -0.2) is 17.6 Å². The Hall–Kier alpha value is -0.460. The van der Waals surface area contributed by atoms with E-state index < -0.39 is 67.1 Å². The quantitative estimate of drug-likeness (QED) is 0.292. The van der Waals surface area contributed by atoms with Gasteiger partial charge < -0.3 is 25.5 Å². The second kappa shape index (κ2) is 9.65. The monoisotopic (exact) mass is 400 g/mol. The van der Waals surface area contributed by atoms with Crippen molar-refractivity contribution < 1.29 is 82.2 Å². The molecule has 2 fully saturated rings. The maximum atomic E-state index is 12.4. The van der Waals surface area contributed by atoms with Crippen molar-refractivity contribution in [3.8, 4) is 0 Å². The van der Waals surface area contributed by atoms with Gasteiger partial charge in [-0.3, -0.25) is 9.59 Å². The van der Waals surface area contributed by atoms with Gasteiger partial charge in [0.25, 0.3) is 11.8 Å². The number of ether oxygens (including phenoxy) is 1. The van der Waals surface area contributed by atoms with Gasteiger partial charge in [-0.2, -0.15) is 0 Å². The normalized spacial score (nSPS) is 22.6. The minimum atomic E-state index is -2.87. The molecule has 7 nitrogen and oxygen atoms in total. The Morgan fingerprint density at radius 3 is 1.54 bits per heavy atom. The third-order valence-electron chi connectivity index (χ3n) is 3.61. The Kier molecular flexibility index (Phi) is 10.3. The Morgan fingerprint density at radius 1 is 0.923 bits per heavy atom. The van der Waals surface area contributed by atoms with Gasteiger partial charge in [0.05, 0.1) is 30.7 Å². The fourth-order valence-corrected chi connectivity index (χ4v) is 2.83. The molecule has 2 saturated carbocycles. The fraction of sp³-hybridized carbons (Fsp3) is 0.857. The molecule has 26 heavy (non-hydrogen) atoms.